The average molecular weight is 263 g/mol. The predicted molar refractivity (Wildman–Crippen MR) is 74.4 cm³/mol. The van der Waals surface area contributed by atoms with Gasteiger partial charge in [0.05, 0.1) is 6.10 Å². The van der Waals surface area contributed by atoms with E-state index in [4.69, 9.17) is 9.47 Å². The minimum atomic E-state index is -0.133. The van der Waals surface area contributed by atoms with Crippen molar-refractivity contribution in [2.75, 3.05) is 18.5 Å². The van der Waals surface area contributed by atoms with Crippen molar-refractivity contribution in [2.45, 2.75) is 38.7 Å². The molecule has 0 unspecified atom stereocenters. The fourth-order valence-corrected chi connectivity index (χ4v) is 2.21. The van der Waals surface area contributed by atoms with Gasteiger partial charge in [-0.15, -0.1) is 0 Å². The molecule has 2 rings (SSSR count). The van der Waals surface area contributed by atoms with Gasteiger partial charge < -0.3 is 14.8 Å². The Bertz CT molecular complexity index is 396. The van der Waals surface area contributed by atoms with Gasteiger partial charge in [-0.3, -0.25) is 4.79 Å². The Morgan fingerprint density at radius 2 is 1.95 bits per heavy atom. The third-order valence-electron chi connectivity index (χ3n) is 3.18. The van der Waals surface area contributed by atoms with E-state index in [2.05, 4.69) is 5.32 Å². The highest BCUT2D eigenvalue weighted by Gasteiger charge is 2.16. The Hall–Kier alpha value is -1.55. The second kappa shape index (κ2) is 7.14. The lowest BCUT2D eigenvalue weighted by atomic mass is 10.2. The molecular weight excluding hydrogens is 242 g/mol. The summed E-state index contributed by atoms with van der Waals surface area (Å²) in [6, 6.07) is 7.51. The van der Waals surface area contributed by atoms with E-state index in [-0.39, 0.29) is 12.5 Å². The molecule has 1 N–H and O–H groups in total. The number of hydrogen-bond donors (Lipinski definition) is 1. The van der Waals surface area contributed by atoms with Gasteiger partial charge >= 0.3 is 0 Å². The number of hydrogen-bond acceptors (Lipinski definition) is 3. The number of anilines is 1. The van der Waals surface area contributed by atoms with Crippen molar-refractivity contribution in [2.24, 2.45) is 0 Å². The minimum Gasteiger partial charge on any atom is -0.490 e. The van der Waals surface area contributed by atoms with Gasteiger partial charge in [0, 0.05) is 12.3 Å². The lowest BCUT2D eigenvalue weighted by molar-refractivity contribution is -0.120. The number of amides is 1. The summed E-state index contributed by atoms with van der Waals surface area (Å²) in [6.45, 7) is 2.50. The zero-order chi connectivity index (χ0) is 13.5. The Morgan fingerprint density at radius 3 is 2.58 bits per heavy atom. The van der Waals surface area contributed by atoms with Crippen LogP contribution in [0.1, 0.15) is 32.6 Å². The van der Waals surface area contributed by atoms with Crippen molar-refractivity contribution in [1.29, 1.82) is 0 Å². The van der Waals surface area contributed by atoms with Crippen LogP contribution in [0.25, 0.3) is 0 Å². The molecule has 0 atom stereocenters. The first-order valence-corrected chi connectivity index (χ1v) is 6.92. The van der Waals surface area contributed by atoms with Crippen molar-refractivity contribution >= 4 is 11.6 Å². The second-order valence-corrected chi connectivity index (χ2v) is 4.73. The van der Waals surface area contributed by atoms with E-state index in [1.54, 1.807) is 0 Å². The van der Waals surface area contributed by atoms with Crippen molar-refractivity contribution < 1.29 is 14.3 Å². The molecular formula is C15H21NO3. The smallest absolute Gasteiger partial charge is 0.250 e. The van der Waals surface area contributed by atoms with E-state index < -0.39 is 0 Å². The molecule has 0 spiro atoms. The molecule has 1 aromatic rings. The van der Waals surface area contributed by atoms with Gasteiger partial charge in [0.2, 0.25) is 5.91 Å². The van der Waals surface area contributed by atoms with Crippen LogP contribution < -0.4 is 10.1 Å². The second-order valence-electron chi connectivity index (χ2n) is 4.73. The van der Waals surface area contributed by atoms with Gasteiger partial charge in [-0.2, -0.15) is 0 Å². The van der Waals surface area contributed by atoms with Crippen molar-refractivity contribution in [3.63, 3.8) is 0 Å². The Kier molecular flexibility index (Phi) is 5.21. The molecule has 0 bridgehead atoms. The Labute approximate surface area is 114 Å². The molecule has 4 nitrogen and oxygen atoms in total. The summed E-state index contributed by atoms with van der Waals surface area (Å²) in [5.41, 5.74) is 0.767. The normalized spacial score (nSPS) is 15.4. The fraction of sp³-hybridized carbons (Fsp3) is 0.533. The minimum absolute atomic E-state index is 0.0941. The molecule has 0 radical (unpaired) electrons. The summed E-state index contributed by atoms with van der Waals surface area (Å²) in [7, 11) is 0. The van der Waals surface area contributed by atoms with Crippen LogP contribution in [0.3, 0.4) is 0 Å². The van der Waals surface area contributed by atoms with Crippen LogP contribution in [0, 0.1) is 0 Å². The molecule has 4 heteroatoms. The van der Waals surface area contributed by atoms with E-state index in [9.17, 15) is 4.79 Å². The van der Waals surface area contributed by atoms with E-state index in [0.717, 1.165) is 24.3 Å². The fourth-order valence-electron chi connectivity index (χ4n) is 2.21. The lowest BCUT2D eigenvalue weighted by Gasteiger charge is -2.13. The molecule has 1 amide bonds. The predicted octanol–water partition coefficient (Wildman–Crippen LogP) is 2.98. The Morgan fingerprint density at radius 1 is 1.26 bits per heavy atom. The monoisotopic (exact) mass is 263 g/mol. The number of ether oxygens (including phenoxy) is 2. The number of carbonyl (C=O) groups excluding carboxylic acids is 1. The van der Waals surface area contributed by atoms with E-state index in [1.165, 1.54) is 12.8 Å². The van der Waals surface area contributed by atoms with Gasteiger partial charge in [0.25, 0.3) is 0 Å². The molecule has 1 aromatic carbocycles. The van der Waals surface area contributed by atoms with E-state index in [0.29, 0.717) is 12.7 Å². The Balaban J connectivity index is 1.82. The van der Waals surface area contributed by atoms with Gasteiger partial charge in [0.15, 0.2) is 0 Å². The van der Waals surface area contributed by atoms with Gasteiger partial charge in [0.1, 0.15) is 12.4 Å². The summed E-state index contributed by atoms with van der Waals surface area (Å²) >= 11 is 0. The quantitative estimate of drug-likeness (QED) is 0.858. The molecule has 1 fully saturated rings. The summed E-state index contributed by atoms with van der Waals surface area (Å²) in [5.74, 6) is 0.737. The SMILES string of the molecule is CCOCC(=O)Nc1ccc(OC2CCCC2)cc1. The lowest BCUT2D eigenvalue weighted by Crippen LogP contribution is -2.18. The number of benzene rings is 1. The summed E-state index contributed by atoms with van der Waals surface area (Å²) < 4.78 is 10.9. The maximum absolute atomic E-state index is 11.5. The van der Waals surface area contributed by atoms with Crippen LogP contribution in [-0.2, 0) is 9.53 Å². The van der Waals surface area contributed by atoms with Crippen LogP contribution >= 0.6 is 0 Å². The van der Waals surface area contributed by atoms with Crippen LogP contribution in [0.15, 0.2) is 24.3 Å². The van der Waals surface area contributed by atoms with E-state index in [1.807, 2.05) is 31.2 Å². The molecule has 1 aliphatic carbocycles. The standard InChI is InChI=1S/C15H21NO3/c1-2-18-11-15(17)16-12-7-9-14(10-8-12)19-13-5-3-4-6-13/h7-10,13H,2-6,11H2,1H3,(H,16,17). The first-order chi connectivity index (χ1) is 9.28. The number of nitrogens with one attached hydrogen (secondary N) is 1. The van der Waals surface area contributed by atoms with E-state index >= 15 is 0 Å². The van der Waals surface area contributed by atoms with Crippen molar-refractivity contribution in [3.05, 3.63) is 24.3 Å². The first kappa shape index (κ1) is 13.9. The maximum Gasteiger partial charge on any atom is 0.250 e. The zero-order valence-electron chi connectivity index (χ0n) is 11.4. The zero-order valence-corrected chi connectivity index (χ0v) is 11.4. The van der Waals surface area contributed by atoms with Gasteiger partial charge in [-0.25, -0.2) is 0 Å². The number of rotatable bonds is 6. The van der Waals surface area contributed by atoms with Crippen molar-refractivity contribution in [3.8, 4) is 5.75 Å². The van der Waals surface area contributed by atoms with Crippen LogP contribution in [0.2, 0.25) is 0 Å². The molecule has 104 valence electrons. The molecule has 0 heterocycles. The molecule has 1 aliphatic rings. The highest BCUT2D eigenvalue weighted by Crippen LogP contribution is 2.24. The summed E-state index contributed by atoms with van der Waals surface area (Å²) in [5, 5.41) is 2.78. The third-order valence-corrected chi connectivity index (χ3v) is 3.18. The first-order valence-electron chi connectivity index (χ1n) is 6.92. The molecule has 19 heavy (non-hydrogen) atoms. The average Bonchev–Trinajstić information content (AvgIpc) is 2.91. The third kappa shape index (κ3) is 4.56. The molecule has 0 saturated heterocycles. The maximum atomic E-state index is 11.5. The van der Waals surface area contributed by atoms with Crippen LogP contribution in [-0.4, -0.2) is 25.2 Å². The van der Waals surface area contributed by atoms with Crippen molar-refractivity contribution in [1.82, 2.24) is 0 Å². The molecule has 0 aromatic heterocycles. The largest absolute Gasteiger partial charge is 0.490 e. The van der Waals surface area contributed by atoms with Crippen LogP contribution in [0.4, 0.5) is 5.69 Å². The topological polar surface area (TPSA) is 47.6 Å². The summed E-state index contributed by atoms with van der Waals surface area (Å²) in [6.07, 6.45) is 5.17. The molecule has 0 aliphatic heterocycles. The van der Waals surface area contributed by atoms with Crippen LogP contribution in [0.5, 0.6) is 5.75 Å². The molecule has 1 saturated carbocycles. The van der Waals surface area contributed by atoms with Gasteiger partial charge in [-0.05, 0) is 56.9 Å². The highest BCUT2D eigenvalue weighted by atomic mass is 16.5. The van der Waals surface area contributed by atoms with Gasteiger partial charge in [-0.1, -0.05) is 0 Å². The number of carbonyl (C=O) groups is 1. The summed E-state index contributed by atoms with van der Waals surface area (Å²) in [4.78, 5) is 11.5. The highest BCUT2D eigenvalue weighted by molar-refractivity contribution is 5.91.